The van der Waals surface area contributed by atoms with Crippen molar-refractivity contribution in [3.05, 3.63) is 23.2 Å². The van der Waals surface area contributed by atoms with E-state index in [1.165, 1.54) is 0 Å². The highest BCUT2D eigenvalue weighted by molar-refractivity contribution is 6.32. The Hall–Kier alpha value is -1.33. The van der Waals surface area contributed by atoms with E-state index in [0.29, 0.717) is 16.5 Å². The fraction of sp³-hybridized carbons (Fsp3) is 0.111. The van der Waals surface area contributed by atoms with Crippen LogP contribution in [0.25, 0.3) is 0 Å². The van der Waals surface area contributed by atoms with Gasteiger partial charge in [-0.05, 0) is 12.1 Å². The summed E-state index contributed by atoms with van der Waals surface area (Å²) >= 11 is 5.79. The summed E-state index contributed by atoms with van der Waals surface area (Å²) in [5, 5.41) is 0.477. The van der Waals surface area contributed by atoms with Gasteiger partial charge in [0.25, 0.3) is 0 Å². The molecule has 12 heavy (non-hydrogen) atoms. The molecule has 62 valence electrons. The van der Waals surface area contributed by atoms with Gasteiger partial charge >= 0.3 is 0 Å². The second-order valence-corrected chi connectivity index (χ2v) is 2.56. The van der Waals surface area contributed by atoms with Gasteiger partial charge in [0.2, 0.25) is 0 Å². The Balaban J connectivity index is 2.90. The quantitative estimate of drug-likeness (QED) is 0.559. The molecule has 1 rings (SSSR count). The minimum Gasteiger partial charge on any atom is -0.477 e. The number of para-hydroxylation sites is 1. The van der Waals surface area contributed by atoms with Gasteiger partial charge in [-0.1, -0.05) is 23.6 Å². The predicted octanol–water partition coefficient (Wildman–Crippen LogP) is 1.93. The van der Waals surface area contributed by atoms with Gasteiger partial charge in [0, 0.05) is 0 Å². The highest BCUT2D eigenvalue weighted by Gasteiger charge is 2.03. The molecule has 0 amide bonds. The maximum absolute atomic E-state index is 5.79. The van der Waals surface area contributed by atoms with Gasteiger partial charge in [-0.25, -0.2) is 0 Å². The highest BCUT2D eigenvalue weighted by atomic mass is 35.5. The molecule has 2 nitrogen and oxygen atoms in total. The second kappa shape index (κ2) is 3.89. The monoisotopic (exact) mass is 181 g/mol. The molecule has 1 aromatic rings. The van der Waals surface area contributed by atoms with Crippen LogP contribution in [-0.2, 0) is 0 Å². The molecule has 0 spiro atoms. The Morgan fingerprint density at radius 2 is 2.33 bits per heavy atom. The van der Waals surface area contributed by atoms with E-state index >= 15 is 0 Å². The van der Waals surface area contributed by atoms with E-state index in [1.54, 1.807) is 18.2 Å². The van der Waals surface area contributed by atoms with Crippen molar-refractivity contribution in [3.8, 4) is 18.1 Å². The van der Waals surface area contributed by atoms with E-state index in [1.807, 2.05) is 0 Å². The zero-order valence-corrected chi connectivity index (χ0v) is 7.14. The average Bonchev–Trinajstić information content (AvgIpc) is 2.04. The number of ether oxygens (including phenoxy) is 1. The molecule has 0 atom stereocenters. The number of nitrogens with two attached hydrogens (primary N) is 1. The van der Waals surface area contributed by atoms with Gasteiger partial charge in [0.1, 0.15) is 6.61 Å². The molecule has 0 aliphatic rings. The zero-order valence-electron chi connectivity index (χ0n) is 6.38. The number of nitrogen functional groups attached to an aromatic ring is 1. The lowest BCUT2D eigenvalue weighted by Crippen LogP contribution is -1.98. The maximum Gasteiger partial charge on any atom is 0.162 e. The molecular formula is C9H8ClNO. The summed E-state index contributed by atoms with van der Waals surface area (Å²) < 4.78 is 5.12. The number of hydrogen-bond acceptors (Lipinski definition) is 2. The molecule has 0 saturated heterocycles. The fourth-order valence-corrected chi connectivity index (χ4v) is 1.03. The van der Waals surface area contributed by atoms with Gasteiger partial charge in [0.15, 0.2) is 5.75 Å². The van der Waals surface area contributed by atoms with Crippen molar-refractivity contribution in [1.29, 1.82) is 0 Å². The Morgan fingerprint density at radius 1 is 1.58 bits per heavy atom. The molecule has 0 bridgehead atoms. The smallest absolute Gasteiger partial charge is 0.162 e. The third-order valence-corrected chi connectivity index (χ3v) is 1.59. The van der Waals surface area contributed by atoms with Crippen molar-refractivity contribution in [2.45, 2.75) is 0 Å². The molecule has 3 heteroatoms. The molecule has 0 aliphatic heterocycles. The zero-order chi connectivity index (χ0) is 8.97. The first-order valence-electron chi connectivity index (χ1n) is 3.36. The summed E-state index contributed by atoms with van der Waals surface area (Å²) in [4.78, 5) is 0. The van der Waals surface area contributed by atoms with Crippen LogP contribution in [0.1, 0.15) is 0 Å². The Kier molecular flexibility index (Phi) is 2.84. The third kappa shape index (κ3) is 1.84. The standard InChI is InChI=1S/C9H8ClNO/c1-2-6-12-9-7(10)4-3-5-8(9)11/h1,3-5H,6,11H2. The van der Waals surface area contributed by atoms with Crippen molar-refractivity contribution in [1.82, 2.24) is 0 Å². The van der Waals surface area contributed by atoms with Gasteiger partial charge < -0.3 is 10.5 Å². The largest absolute Gasteiger partial charge is 0.477 e. The van der Waals surface area contributed by atoms with Crippen LogP contribution < -0.4 is 10.5 Å². The normalized spacial score (nSPS) is 9.00. The molecule has 0 aromatic heterocycles. The maximum atomic E-state index is 5.79. The van der Waals surface area contributed by atoms with E-state index in [-0.39, 0.29) is 6.61 Å². The van der Waals surface area contributed by atoms with Crippen LogP contribution in [0.4, 0.5) is 5.69 Å². The van der Waals surface area contributed by atoms with E-state index in [9.17, 15) is 0 Å². The lowest BCUT2D eigenvalue weighted by Gasteiger charge is -2.06. The van der Waals surface area contributed by atoms with Gasteiger partial charge in [-0.15, -0.1) is 6.42 Å². The molecular weight excluding hydrogens is 174 g/mol. The van der Waals surface area contributed by atoms with Crippen LogP contribution in [0.2, 0.25) is 5.02 Å². The van der Waals surface area contributed by atoms with Crippen molar-refractivity contribution in [2.75, 3.05) is 12.3 Å². The summed E-state index contributed by atoms with van der Waals surface area (Å²) in [6.45, 7) is 0.175. The Labute approximate surface area is 76.3 Å². The lowest BCUT2D eigenvalue weighted by atomic mass is 10.3. The summed E-state index contributed by atoms with van der Waals surface area (Å²) in [6.07, 6.45) is 5.02. The second-order valence-electron chi connectivity index (χ2n) is 2.15. The van der Waals surface area contributed by atoms with Crippen molar-refractivity contribution in [3.63, 3.8) is 0 Å². The van der Waals surface area contributed by atoms with Crippen molar-refractivity contribution < 1.29 is 4.74 Å². The van der Waals surface area contributed by atoms with Crippen LogP contribution in [0.5, 0.6) is 5.75 Å². The first-order valence-corrected chi connectivity index (χ1v) is 3.73. The summed E-state index contributed by atoms with van der Waals surface area (Å²) in [5.41, 5.74) is 6.08. The average molecular weight is 182 g/mol. The molecule has 0 unspecified atom stereocenters. The first kappa shape index (κ1) is 8.76. The Morgan fingerprint density at radius 3 is 2.92 bits per heavy atom. The van der Waals surface area contributed by atoms with E-state index in [4.69, 9.17) is 28.5 Å². The predicted molar refractivity (Wildman–Crippen MR) is 50.2 cm³/mol. The number of rotatable bonds is 2. The minimum absolute atomic E-state index is 0.175. The van der Waals surface area contributed by atoms with Gasteiger partial charge in [-0.2, -0.15) is 0 Å². The third-order valence-electron chi connectivity index (χ3n) is 1.30. The van der Waals surface area contributed by atoms with Crippen molar-refractivity contribution >= 4 is 17.3 Å². The fourth-order valence-electron chi connectivity index (χ4n) is 0.792. The molecule has 0 heterocycles. The Bertz CT molecular complexity index is 297. The minimum atomic E-state index is 0.175. The number of terminal acetylenes is 1. The van der Waals surface area contributed by atoms with E-state index < -0.39 is 0 Å². The molecule has 1 aromatic carbocycles. The van der Waals surface area contributed by atoms with Gasteiger partial charge in [-0.3, -0.25) is 0 Å². The number of halogens is 1. The molecule has 2 N–H and O–H groups in total. The number of hydrogen-bond donors (Lipinski definition) is 1. The lowest BCUT2D eigenvalue weighted by molar-refractivity contribution is 0.372. The first-order chi connectivity index (χ1) is 5.75. The summed E-state index contributed by atoms with van der Waals surface area (Å²) in [7, 11) is 0. The van der Waals surface area contributed by atoms with Crippen LogP contribution in [-0.4, -0.2) is 6.61 Å². The van der Waals surface area contributed by atoms with Crippen LogP contribution in [0.3, 0.4) is 0 Å². The molecule has 0 aliphatic carbocycles. The number of anilines is 1. The van der Waals surface area contributed by atoms with Crippen molar-refractivity contribution in [2.24, 2.45) is 0 Å². The SMILES string of the molecule is C#CCOc1c(N)cccc1Cl. The van der Waals surface area contributed by atoms with Crippen LogP contribution >= 0.6 is 11.6 Å². The number of benzene rings is 1. The van der Waals surface area contributed by atoms with E-state index in [2.05, 4.69) is 5.92 Å². The summed E-state index contributed by atoms with van der Waals surface area (Å²) in [5.74, 6) is 2.79. The highest BCUT2D eigenvalue weighted by Crippen LogP contribution is 2.30. The summed E-state index contributed by atoms with van der Waals surface area (Å²) in [6, 6.07) is 5.15. The van der Waals surface area contributed by atoms with Crippen LogP contribution in [0.15, 0.2) is 18.2 Å². The van der Waals surface area contributed by atoms with Gasteiger partial charge in [0.05, 0.1) is 10.7 Å². The van der Waals surface area contributed by atoms with E-state index in [0.717, 1.165) is 0 Å². The topological polar surface area (TPSA) is 35.2 Å². The molecule has 0 fully saturated rings. The van der Waals surface area contributed by atoms with Crippen LogP contribution in [0, 0.1) is 12.3 Å². The molecule has 0 radical (unpaired) electrons. The molecule has 0 saturated carbocycles.